The third kappa shape index (κ3) is 4.82. The van der Waals surface area contributed by atoms with Crippen molar-refractivity contribution in [2.75, 3.05) is 20.3 Å². The molecule has 106 valence electrons. The van der Waals surface area contributed by atoms with Gasteiger partial charge >= 0.3 is 0 Å². The molecule has 1 aromatic heterocycles. The van der Waals surface area contributed by atoms with E-state index < -0.39 is 5.91 Å². The number of aromatic nitrogens is 1. The second-order valence-corrected chi connectivity index (χ2v) is 4.51. The monoisotopic (exact) mass is 313 g/mol. The molecule has 1 N–H and O–H groups in total. The molecule has 0 aliphatic heterocycles. The van der Waals surface area contributed by atoms with Crippen molar-refractivity contribution in [3.63, 3.8) is 0 Å². The summed E-state index contributed by atoms with van der Waals surface area (Å²) in [5.74, 6) is -0.465. The van der Waals surface area contributed by atoms with E-state index in [4.69, 9.17) is 33.2 Å². The number of pyridine rings is 1. The zero-order valence-corrected chi connectivity index (χ0v) is 12.3. The Kier molecular flexibility index (Phi) is 7.02. The van der Waals surface area contributed by atoms with E-state index in [9.17, 15) is 4.79 Å². The summed E-state index contributed by atoms with van der Waals surface area (Å²) in [4.78, 5) is 15.6. The van der Waals surface area contributed by atoms with Gasteiger partial charge < -0.3 is 10.1 Å². The molecule has 1 rings (SSSR count). The minimum absolute atomic E-state index is 0.0495. The van der Waals surface area contributed by atoms with E-state index >= 15 is 0 Å². The third-order valence-electron chi connectivity index (χ3n) is 2.35. The van der Waals surface area contributed by atoms with Crippen LogP contribution in [0.15, 0.2) is 17.8 Å². The number of nitriles is 1. The number of ether oxygens (including phenoxy) is 1. The Hall–Kier alpha value is -1.61. The normalized spacial score (nSPS) is 11.0. The number of halogens is 2. The maximum Gasteiger partial charge on any atom is 0.261 e. The molecule has 0 radical (unpaired) electrons. The number of nitrogens with one attached hydrogen (secondary N) is 1. The van der Waals surface area contributed by atoms with E-state index in [1.807, 2.05) is 6.07 Å². The van der Waals surface area contributed by atoms with Crippen LogP contribution in [-0.2, 0) is 9.53 Å². The van der Waals surface area contributed by atoms with Crippen molar-refractivity contribution in [3.05, 3.63) is 33.6 Å². The molecule has 7 heteroatoms. The van der Waals surface area contributed by atoms with Crippen LogP contribution in [0.25, 0.3) is 6.08 Å². The minimum Gasteiger partial charge on any atom is -0.385 e. The average molecular weight is 314 g/mol. The number of nitrogens with zero attached hydrogens (tertiary/aromatic N) is 2. The standard InChI is InChI=1S/C13H13Cl2N3O2/c1-20-6-2-4-18-13(19)10(8-16)7-9-3-5-17-12(15)11(9)14/h3,5,7H,2,4,6H2,1H3,(H,18,19)/b10-7+. The van der Waals surface area contributed by atoms with Crippen molar-refractivity contribution < 1.29 is 9.53 Å². The highest BCUT2D eigenvalue weighted by Crippen LogP contribution is 2.25. The number of rotatable bonds is 6. The van der Waals surface area contributed by atoms with Gasteiger partial charge in [-0.3, -0.25) is 4.79 Å². The molecule has 0 unspecified atom stereocenters. The predicted octanol–water partition coefficient (Wildman–Crippen LogP) is 2.45. The van der Waals surface area contributed by atoms with Gasteiger partial charge in [-0.05, 0) is 24.1 Å². The Balaban J connectivity index is 2.80. The van der Waals surface area contributed by atoms with Crippen molar-refractivity contribution in [2.45, 2.75) is 6.42 Å². The largest absolute Gasteiger partial charge is 0.385 e. The summed E-state index contributed by atoms with van der Waals surface area (Å²) >= 11 is 11.7. The molecular weight excluding hydrogens is 301 g/mol. The van der Waals surface area contributed by atoms with Gasteiger partial charge in [-0.2, -0.15) is 5.26 Å². The van der Waals surface area contributed by atoms with Crippen molar-refractivity contribution in [3.8, 4) is 6.07 Å². The van der Waals surface area contributed by atoms with Crippen molar-refractivity contribution >= 4 is 35.2 Å². The smallest absolute Gasteiger partial charge is 0.261 e. The second kappa shape index (κ2) is 8.54. The molecule has 1 aromatic rings. The summed E-state index contributed by atoms with van der Waals surface area (Å²) in [5, 5.41) is 12.0. The molecule has 5 nitrogen and oxygen atoms in total. The van der Waals surface area contributed by atoms with Gasteiger partial charge in [-0.15, -0.1) is 0 Å². The molecule has 0 saturated carbocycles. The number of carbonyl (C=O) groups is 1. The molecule has 0 aromatic carbocycles. The molecule has 0 bridgehead atoms. The Morgan fingerprint density at radius 1 is 1.60 bits per heavy atom. The lowest BCUT2D eigenvalue weighted by molar-refractivity contribution is -0.117. The van der Waals surface area contributed by atoms with Crippen LogP contribution in [0.1, 0.15) is 12.0 Å². The maximum atomic E-state index is 11.8. The van der Waals surface area contributed by atoms with Gasteiger partial charge in [-0.1, -0.05) is 23.2 Å². The zero-order valence-electron chi connectivity index (χ0n) is 10.8. The van der Waals surface area contributed by atoms with E-state index in [-0.39, 0.29) is 15.7 Å². The number of carbonyl (C=O) groups excluding carboxylic acids is 1. The van der Waals surface area contributed by atoms with E-state index in [2.05, 4.69) is 10.3 Å². The first kappa shape index (κ1) is 16.4. The second-order valence-electron chi connectivity index (χ2n) is 3.78. The number of methoxy groups -OCH3 is 1. The van der Waals surface area contributed by atoms with Crippen molar-refractivity contribution in [1.82, 2.24) is 10.3 Å². The van der Waals surface area contributed by atoms with Gasteiger partial charge in [0.25, 0.3) is 5.91 Å². The van der Waals surface area contributed by atoms with Crippen LogP contribution < -0.4 is 5.32 Å². The van der Waals surface area contributed by atoms with Gasteiger partial charge in [0.15, 0.2) is 0 Å². The van der Waals surface area contributed by atoms with Gasteiger partial charge in [0, 0.05) is 26.5 Å². The lowest BCUT2D eigenvalue weighted by Crippen LogP contribution is -2.26. The molecule has 0 saturated heterocycles. The first-order valence-electron chi connectivity index (χ1n) is 5.79. The molecule has 0 aliphatic rings. The van der Waals surface area contributed by atoms with E-state index in [1.165, 1.54) is 12.3 Å². The molecule has 0 atom stereocenters. The first-order valence-corrected chi connectivity index (χ1v) is 6.54. The zero-order chi connectivity index (χ0) is 15.0. The fourth-order valence-corrected chi connectivity index (χ4v) is 1.69. The van der Waals surface area contributed by atoms with E-state index in [0.717, 1.165) is 0 Å². The minimum atomic E-state index is -0.465. The Morgan fingerprint density at radius 3 is 3.00 bits per heavy atom. The fourth-order valence-electron chi connectivity index (χ4n) is 1.36. The highest BCUT2D eigenvalue weighted by Gasteiger charge is 2.10. The van der Waals surface area contributed by atoms with E-state index in [1.54, 1.807) is 13.2 Å². The van der Waals surface area contributed by atoms with Gasteiger partial charge in [0.2, 0.25) is 0 Å². The first-order chi connectivity index (χ1) is 9.60. The third-order valence-corrected chi connectivity index (χ3v) is 3.13. The summed E-state index contributed by atoms with van der Waals surface area (Å²) in [6, 6.07) is 3.41. The topological polar surface area (TPSA) is 75.0 Å². The predicted molar refractivity (Wildman–Crippen MR) is 77.3 cm³/mol. The molecule has 1 amide bonds. The average Bonchev–Trinajstić information content (AvgIpc) is 2.45. The Bertz CT molecular complexity index is 553. The van der Waals surface area contributed by atoms with Crippen LogP contribution in [0.3, 0.4) is 0 Å². The summed E-state index contributed by atoms with van der Waals surface area (Å²) in [6.45, 7) is 0.966. The molecule has 0 spiro atoms. The molecule has 0 aliphatic carbocycles. The molecule has 0 fully saturated rings. The Morgan fingerprint density at radius 2 is 2.35 bits per heavy atom. The quantitative estimate of drug-likeness (QED) is 0.379. The van der Waals surface area contributed by atoms with Crippen LogP contribution >= 0.6 is 23.2 Å². The fraction of sp³-hybridized carbons (Fsp3) is 0.308. The lowest BCUT2D eigenvalue weighted by Gasteiger charge is -2.04. The van der Waals surface area contributed by atoms with Crippen LogP contribution in [-0.4, -0.2) is 31.2 Å². The number of amides is 1. The summed E-state index contributed by atoms with van der Waals surface area (Å²) < 4.78 is 4.87. The van der Waals surface area contributed by atoms with Gasteiger partial charge in [-0.25, -0.2) is 4.98 Å². The highest BCUT2D eigenvalue weighted by atomic mass is 35.5. The molecule has 1 heterocycles. The Labute approximate surface area is 127 Å². The van der Waals surface area contributed by atoms with Crippen LogP contribution in [0.5, 0.6) is 0 Å². The number of hydrogen-bond acceptors (Lipinski definition) is 4. The molecular formula is C13H13Cl2N3O2. The highest BCUT2D eigenvalue weighted by molar-refractivity contribution is 6.42. The summed E-state index contributed by atoms with van der Waals surface area (Å²) in [5.41, 5.74) is 0.418. The lowest BCUT2D eigenvalue weighted by atomic mass is 10.1. The van der Waals surface area contributed by atoms with Crippen LogP contribution in [0.2, 0.25) is 10.2 Å². The number of hydrogen-bond donors (Lipinski definition) is 1. The maximum absolute atomic E-state index is 11.8. The van der Waals surface area contributed by atoms with E-state index in [0.29, 0.717) is 25.1 Å². The van der Waals surface area contributed by atoms with Crippen LogP contribution in [0, 0.1) is 11.3 Å². The SMILES string of the molecule is COCCCNC(=O)/C(C#N)=C/c1ccnc(Cl)c1Cl. The summed E-state index contributed by atoms with van der Waals surface area (Å²) in [6.07, 6.45) is 3.50. The summed E-state index contributed by atoms with van der Waals surface area (Å²) in [7, 11) is 1.58. The van der Waals surface area contributed by atoms with Gasteiger partial charge in [0.05, 0.1) is 5.02 Å². The van der Waals surface area contributed by atoms with Crippen molar-refractivity contribution in [2.24, 2.45) is 0 Å². The van der Waals surface area contributed by atoms with Gasteiger partial charge in [0.1, 0.15) is 16.8 Å². The van der Waals surface area contributed by atoms with Crippen molar-refractivity contribution in [1.29, 1.82) is 5.26 Å². The van der Waals surface area contributed by atoms with Crippen LogP contribution in [0.4, 0.5) is 0 Å². The molecule has 20 heavy (non-hydrogen) atoms.